The van der Waals surface area contributed by atoms with E-state index in [0.29, 0.717) is 17.9 Å². The minimum absolute atomic E-state index is 0.177. The van der Waals surface area contributed by atoms with Crippen LogP contribution in [-0.2, 0) is 4.74 Å². The fraction of sp³-hybridized carbons (Fsp3) is 0.200. The van der Waals surface area contributed by atoms with Gasteiger partial charge in [0.2, 0.25) is 5.43 Å². The maximum atomic E-state index is 12.6. The average Bonchev–Trinajstić information content (AvgIpc) is 3.07. The number of benzene rings is 2. The van der Waals surface area contributed by atoms with Gasteiger partial charge in [-0.25, -0.2) is 14.5 Å². The van der Waals surface area contributed by atoms with Crippen LogP contribution in [0.1, 0.15) is 25.1 Å². The van der Waals surface area contributed by atoms with E-state index < -0.39 is 5.60 Å². The molecule has 2 N–H and O–H groups in total. The summed E-state index contributed by atoms with van der Waals surface area (Å²) >= 11 is 0. The summed E-state index contributed by atoms with van der Waals surface area (Å²) in [4.78, 5) is 31.0. The van der Waals surface area contributed by atoms with Crippen LogP contribution in [0.4, 0.5) is 16.2 Å². The van der Waals surface area contributed by atoms with Crippen molar-refractivity contribution < 1.29 is 9.53 Å². The van der Waals surface area contributed by atoms with Crippen LogP contribution in [0.15, 0.2) is 82.9 Å². The summed E-state index contributed by atoms with van der Waals surface area (Å²) in [6, 6.07) is 16.3. The Morgan fingerprint density at radius 3 is 2.55 bits per heavy atom. The van der Waals surface area contributed by atoms with Gasteiger partial charge in [-0.05, 0) is 68.9 Å². The summed E-state index contributed by atoms with van der Waals surface area (Å²) in [5.41, 5.74) is 8.41. The average molecular weight is 444 g/mol. The molecule has 1 amide bonds. The van der Waals surface area contributed by atoms with E-state index in [2.05, 4.69) is 10.1 Å². The quantitative estimate of drug-likeness (QED) is 0.603. The van der Waals surface area contributed by atoms with Gasteiger partial charge >= 0.3 is 6.09 Å². The normalized spacial score (nSPS) is 15.8. The summed E-state index contributed by atoms with van der Waals surface area (Å²) < 4.78 is 7.02. The third-order valence-corrected chi connectivity index (χ3v) is 5.17. The smallest absolute Gasteiger partial charge is 0.415 e. The van der Waals surface area contributed by atoms with E-state index in [1.54, 1.807) is 21.9 Å². The van der Waals surface area contributed by atoms with Crippen molar-refractivity contribution in [3.05, 3.63) is 94.6 Å². The van der Waals surface area contributed by atoms with Crippen molar-refractivity contribution >= 4 is 23.2 Å². The molecule has 3 aromatic rings. The second kappa shape index (κ2) is 8.74. The predicted molar refractivity (Wildman–Crippen MR) is 128 cm³/mol. The number of nitrogens with zero attached hydrogens (tertiary/aromatic N) is 4. The van der Waals surface area contributed by atoms with Crippen LogP contribution in [0.3, 0.4) is 0 Å². The Labute approximate surface area is 191 Å². The number of para-hydroxylation sites is 1. The summed E-state index contributed by atoms with van der Waals surface area (Å²) in [5, 5.41) is 4.55. The molecule has 168 valence electrons. The fourth-order valence-electron chi connectivity index (χ4n) is 3.65. The lowest BCUT2D eigenvalue weighted by Crippen LogP contribution is -2.28. The summed E-state index contributed by atoms with van der Waals surface area (Å²) in [7, 11) is 0. The molecule has 1 aliphatic heterocycles. The Balaban J connectivity index is 1.72. The zero-order chi connectivity index (χ0) is 23.6. The zero-order valence-electron chi connectivity index (χ0n) is 18.7. The minimum Gasteiger partial charge on any atom is -0.441 e. The number of cyclic esters (lactones) is 1. The summed E-state index contributed by atoms with van der Waals surface area (Å²) in [6.07, 6.45) is 4.12. The van der Waals surface area contributed by atoms with Gasteiger partial charge in [0, 0.05) is 18.0 Å². The van der Waals surface area contributed by atoms with Crippen molar-refractivity contribution in [1.29, 1.82) is 0 Å². The zero-order valence-corrected chi connectivity index (χ0v) is 18.7. The number of nitrogens with two attached hydrogens (primary N) is 1. The molecule has 0 bridgehead atoms. The molecule has 2 aromatic carbocycles. The monoisotopic (exact) mass is 443 g/mol. The van der Waals surface area contributed by atoms with E-state index in [1.807, 2.05) is 69.3 Å². The Hall–Kier alpha value is -4.20. The van der Waals surface area contributed by atoms with Crippen molar-refractivity contribution in [2.45, 2.75) is 26.4 Å². The molecule has 0 aliphatic carbocycles. The number of aryl methyl sites for hydroxylation is 1. The second-order valence-corrected chi connectivity index (χ2v) is 8.35. The van der Waals surface area contributed by atoms with Crippen LogP contribution in [0.2, 0.25) is 0 Å². The molecule has 1 aromatic heterocycles. The minimum atomic E-state index is -0.538. The molecule has 1 aliphatic rings. The molecular formula is C25H25N5O3. The molecule has 0 unspecified atom stereocenters. The number of hydrogen-bond donors (Lipinski definition) is 1. The maximum Gasteiger partial charge on any atom is 0.415 e. The van der Waals surface area contributed by atoms with E-state index in [1.165, 1.54) is 12.3 Å². The molecule has 8 heteroatoms. The molecule has 1 fully saturated rings. The molecule has 0 radical (unpaired) electrons. The lowest BCUT2D eigenvalue weighted by molar-refractivity contribution is 0.0871. The van der Waals surface area contributed by atoms with Crippen molar-refractivity contribution in [2.24, 2.45) is 10.7 Å². The first kappa shape index (κ1) is 22.0. The van der Waals surface area contributed by atoms with Crippen molar-refractivity contribution in [3.8, 4) is 5.69 Å². The Bertz CT molecular complexity index is 1310. The van der Waals surface area contributed by atoms with E-state index in [0.717, 1.165) is 16.9 Å². The first-order valence-electron chi connectivity index (χ1n) is 10.5. The predicted octanol–water partition coefficient (Wildman–Crippen LogP) is 3.87. The summed E-state index contributed by atoms with van der Waals surface area (Å²) in [5.74, 6) is 0. The molecule has 33 heavy (non-hydrogen) atoms. The van der Waals surface area contributed by atoms with E-state index >= 15 is 0 Å². The van der Waals surface area contributed by atoms with Crippen molar-refractivity contribution in [3.63, 3.8) is 0 Å². The van der Waals surface area contributed by atoms with Crippen LogP contribution >= 0.6 is 0 Å². The van der Waals surface area contributed by atoms with Crippen LogP contribution in [0.5, 0.6) is 0 Å². The number of anilines is 1. The van der Waals surface area contributed by atoms with Gasteiger partial charge in [-0.3, -0.25) is 9.69 Å². The van der Waals surface area contributed by atoms with Gasteiger partial charge in [-0.15, -0.1) is 0 Å². The Morgan fingerprint density at radius 1 is 1.15 bits per heavy atom. The highest BCUT2D eigenvalue weighted by Crippen LogP contribution is 2.29. The molecule has 8 nitrogen and oxygen atoms in total. The third kappa shape index (κ3) is 4.69. The molecule has 2 heterocycles. The fourth-order valence-corrected chi connectivity index (χ4v) is 3.65. The lowest BCUT2D eigenvalue weighted by atomic mass is 10.1. The lowest BCUT2D eigenvalue weighted by Gasteiger charge is -2.17. The summed E-state index contributed by atoms with van der Waals surface area (Å²) in [6.45, 7) is 6.14. The largest absolute Gasteiger partial charge is 0.441 e. The van der Waals surface area contributed by atoms with Crippen molar-refractivity contribution in [2.75, 3.05) is 11.4 Å². The molecule has 4 rings (SSSR count). The van der Waals surface area contributed by atoms with Gasteiger partial charge in [0.1, 0.15) is 5.60 Å². The number of ether oxygens (including phenoxy) is 1. The third-order valence-electron chi connectivity index (χ3n) is 5.17. The number of rotatable bonds is 5. The topological polar surface area (TPSA) is 103 Å². The Kier molecular flexibility index (Phi) is 5.83. The number of amides is 1. The van der Waals surface area contributed by atoms with Gasteiger partial charge in [-0.1, -0.05) is 18.2 Å². The SMILES string of the molecule is Cc1cc(N2CC(C)(C)OC2=O)ccc1-n1ccc(=O)c(C(C=CN)=Nc2ccccc2)n1. The van der Waals surface area contributed by atoms with Gasteiger partial charge in [0.05, 0.1) is 23.6 Å². The van der Waals surface area contributed by atoms with Crippen LogP contribution in [0.25, 0.3) is 5.69 Å². The highest BCUT2D eigenvalue weighted by molar-refractivity contribution is 6.08. The Morgan fingerprint density at radius 2 is 1.91 bits per heavy atom. The number of aliphatic imine (C=N–C) groups is 1. The first-order valence-corrected chi connectivity index (χ1v) is 10.5. The van der Waals surface area contributed by atoms with Crippen LogP contribution in [0, 0.1) is 6.92 Å². The van der Waals surface area contributed by atoms with E-state index in [4.69, 9.17) is 10.5 Å². The highest BCUT2D eigenvalue weighted by atomic mass is 16.6. The van der Waals surface area contributed by atoms with Crippen LogP contribution in [-0.4, -0.2) is 33.7 Å². The second-order valence-electron chi connectivity index (χ2n) is 8.35. The molecule has 0 atom stereocenters. The number of carbonyl (C=O) groups is 1. The molecular weight excluding hydrogens is 418 g/mol. The maximum absolute atomic E-state index is 12.6. The van der Waals surface area contributed by atoms with Crippen LogP contribution < -0.4 is 16.1 Å². The van der Waals surface area contributed by atoms with Gasteiger partial charge in [-0.2, -0.15) is 5.10 Å². The van der Waals surface area contributed by atoms with E-state index in [9.17, 15) is 9.59 Å². The molecule has 0 saturated carbocycles. The molecule has 1 saturated heterocycles. The number of allylic oxidation sites excluding steroid dienone is 1. The highest BCUT2D eigenvalue weighted by Gasteiger charge is 2.38. The number of hydrogen-bond acceptors (Lipinski definition) is 6. The van der Waals surface area contributed by atoms with Gasteiger partial charge in [0.25, 0.3) is 0 Å². The van der Waals surface area contributed by atoms with Crippen molar-refractivity contribution in [1.82, 2.24) is 9.78 Å². The number of aromatic nitrogens is 2. The molecule has 0 spiro atoms. The van der Waals surface area contributed by atoms with E-state index in [-0.39, 0.29) is 17.2 Å². The first-order chi connectivity index (χ1) is 15.8. The number of carbonyl (C=O) groups excluding carboxylic acids is 1. The standard InChI is InChI=1S/C25H25N5O3/c1-17-15-19(29-16-25(2,3)33-24(29)32)9-10-21(17)30-14-12-22(31)23(28-30)20(11-13-26)27-18-7-5-4-6-8-18/h4-15H,16,26H2,1-3H3. The van der Waals surface area contributed by atoms with Gasteiger partial charge in [0.15, 0.2) is 5.69 Å². The van der Waals surface area contributed by atoms with Gasteiger partial charge < -0.3 is 10.5 Å².